The molecule has 0 aliphatic heterocycles. The van der Waals surface area contributed by atoms with Crippen molar-refractivity contribution in [2.75, 3.05) is 19.8 Å². The fourth-order valence-corrected chi connectivity index (χ4v) is 3.88. The van der Waals surface area contributed by atoms with Crippen LogP contribution in [0.2, 0.25) is 0 Å². The van der Waals surface area contributed by atoms with Gasteiger partial charge in [0.05, 0.1) is 13.2 Å². The minimum absolute atomic E-state index is 0.0168. The number of phosphoric acid groups is 1. The Kier molecular flexibility index (Phi) is 20.7. The van der Waals surface area contributed by atoms with E-state index in [0.717, 1.165) is 19.3 Å². The lowest BCUT2D eigenvalue weighted by Gasteiger charge is -2.14. The zero-order chi connectivity index (χ0) is 23.2. The van der Waals surface area contributed by atoms with Crippen LogP contribution < -0.4 is 0 Å². The maximum atomic E-state index is 11.6. The van der Waals surface area contributed by atoms with E-state index < -0.39 is 26.5 Å². The summed E-state index contributed by atoms with van der Waals surface area (Å²) in [5.74, 6) is -0.550. The molecule has 7 nitrogen and oxygen atoms in total. The molecule has 1 unspecified atom stereocenters. The van der Waals surface area contributed by atoms with Crippen molar-refractivity contribution < 1.29 is 33.1 Å². The van der Waals surface area contributed by atoms with Crippen LogP contribution in [-0.2, 0) is 23.1 Å². The van der Waals surface area contributed by atoms with Crippen LogP contribution in [0, 0.1) is 0 Å². The van der Waals surface area contributed by atoms with Gasteiger partial charge in [0, 0.05) is 6.08 Å². The highest BCUT2D eigenvalue weighted by molar-refractivity contribution is 7.47. The Morgan fingerprint density at radius 1 is 0.839 bits per heavy atom. The van der Waals surface area contributed by atoms with Crippen LogP contribution in [0.3, 0.4) is 0 Å². The molecule has 0 bridgehead atoms. The summed E-state index contributed by atoms with van der Waals surface area (Å²) < 4.78 is 25.3. The molecule has 0 amide bonds. The number of carbonyl (C=O) groups is 1. The van der Waals surface area contributed by atoms with Gasteiger partial charge in [-0.25, -0.2) is 9.36 Å². The van der Waals surface area contributed by atoms with Gasteiger partial charge in [-0.1, -0.05) is 90.0 Å². The Bertz CT molecular complexity index is 496. The molecule has 0 saturated carbocycles. The molecule has 2 N–H and O–H groups in total. The Morgan fingerprint density at radius 3 is 1.87 bits per heavy atom. The Labute approximate surface area is 189 Å². The van der Waals surface area contributed by atoms with Gasteiger partial charge in [-0.15, -0.1) is 0 Å². The topological polar surface area (TPSA) is 102 Å². The van der Waals surface area contributed by atoms with E-state index in [9.17, 15) is 19.4 Å². The standard InChI is InChI=1S/C23H45O7P/c1-3-5-6-7-8-9-10-11-12-13-14-15-16-17-18-19-23(25)28-20-22(24)21-30-31(26,27)29-4-2/h18-19,22,24H,3-17,20-21H2,1-2H3,(H,26,27)/t22-/m1/s1. The number of phosphoric ester groups is 1. The Morgan fingerprint density at radius 2 is 1.35 bits per heavy atom. The second-order valence-corrected chi connectivity index (χ2v) is 9.35. The maximum absolute atomic E-state index is 11.6. The fraction of sp³-hybridized carbons (Fsp3) is 0.870. The maximum Gasteiger partial charge on any atom is 0.472 e. The number of ether oxygens (including phenoxy) is 1. The summed E-state index contributed by atoms with van der Waals surface area (Å²) in [5.41, 5.74) is 0. The molecule has 0 aliphatic rings. The van der Waals surface area contributed by atoms with Gasteiger partial charge in [0.1, 0.15) is 12.7 Å². The molecule has 31 heavy (non-hydrogen) atoms. The van der Waals surface area contributed by atoms with Crippen molar-refractivity contribution in [1.29, 1.82) is 0 Å². The van der Waals surface area contributed by atoms with E-state index in [2.05, 4.69) is 16.0 Å². The monoisotopic (exact) mass is 464 g/mol. The Hall–Kier alpha value is -0.720. The zero-order valence-corrected chi connectivity index (χ0v) is 20.5. The van der Waals surface area contributed by atoms with Crippen LogP contribution in [-0.4, -0.2) is 41.9 Å². The van der Waals surface area contributed by atoms with E-state index in [4.69, 9.17) is 4.74 Å². The third-order valence-electron chi connectivity index (χ3n) is 4.87. The van der Waals surface area contributed by atoms with E-state index in [1.54, 1.807) is 13.0 Å². The molecule has 0 aromatic carbocycles. The summed E-state index contributed by atoms with van der Waals surface area (Å²) in [4.78, 5) is 20.8. The predicted molar refractivity (Wildman–Crippen MR) is 124 cm³/mol. The quantitative estimate of drug-likeness (QED) is 0.0866. The first-order valence-corrected chi connectivity index (χ1v) is 13.5. The average molecular weight is 465 g/mol. The predicted octanol–water partition coefficient (Wildman–Crippen LogP) is 6.08. The molecule has 0 saturated heterocycles. The summed E-state index contributed by atoms with van der Waals surface area (Å²) in [7, 11) is -4.15. The number of carbonyl (C=O) groups excluding carboxylic acids is 1. The van der Waals surface area contributed by atoms with Crippen LogP contribution in [0.5, 0.6) is 0 Å². The molecular formula is C23H45O7P. The van der Waals surface area contributed by atoms with Gasteiger partial charge < -0.3 is 14.7 Å². The van der Waals surface area contributed by atoms with Gasteiger partial charge in [0.2, 0.25) is 0 Å². The molecule has 0 aromatic heterocycles. The van der Waals surface area contributed by atoms with Crippen LogP contribution >= 0.6 is 7.82 Å². The number of esters is 1. The second-order valence-electron chi connectivity index (χ2n) is 7.90. The number of unbranched alkanes of at least 4 members (excludes halogenated alkanes) is 13. The highest BCUT2D eigenvalue weighted by atomic mass is 31.2. The largest absolute Gasteiger partial charge is 0.472 e. The molecule has 0 fully saturated rings. The number of allylic oxidation sites excluding steroid dienone is 1. The van der Waals surface area contributed by atoms with Crippen molar-refractivity contribution in [3.8, 4) is 0 Å². The molecule has 0 aliphatic carbocycles. The molecule has 184 valence electrons. The first kappa shape index (κ1) is 30.3. The second kappa shape index (κ2) is 21.1. The summed E-state index contributed by atoms with van der Waals surface area (Å²) in [6.45, 7) is 3.05. The number of hydrogen-bond acceptors (Lipinski definition) is 6. The summed E-state index contributed by atoms with van der Waals surface area (Å²) >= 11 is 0. The van der Waals surface area contributed by atoms with Crippen LogP contribution in [0.4, 0.5) is 0 Å². The normalized spacial score (nSPS) is 14.6. The lowest BCUT2D eigenvalue weighted by atomic mass is 10.0. The van der Waals surface area contributed by atoms with Gasteiger partial charge in [-0.05, 0) is 19.8 Å². The van der Waals surface area contributed by atoms with E-state index in [-0.39, 0.29) is 13.2 Å². The molecule has 0 radical (unpaired) electrons. The van der Waals surface area contributed by atoms with Crippen molar-refractivity contribution >= 4 is 13.8 Å². The molecule has 0 heterocycles. The third-order valence-corrected chi connectivity index (χ3v) is 5.93. The van der Waals surface area contributed by atoms with Crippen molar-refractivity contribution in [1.82, 2.24) is 0 Å². The smallest absolute Gasteiger partial charge is 0.460 e. The number of hydrogen-bond donors (Lipinski definition) is 2. The van der Waals surface area contributed by atoms with E-state index in [1.165, 1.54) is 76.7 Å². The molecular weight excluding hydrogens is 419 g/mol. The first-order valence-electron chi connectivity index (χ1n) is 12.0. The molecule has 0 aromatic rings. The van der Waals surface area contributed by atoms with Crippen LogP contribution in [0.15, 0.2) is 12.2 Å². The van der Waals surface area contributed by atoms with Gasteiger partial charge in [0.15, 0.2) is 0 Å². The van der Waals surface area contributed by atoms with E-state index in [1.807, 2.05) is 0 Å². The number of aliphatic hydroxyl groups is 1. The highest BCUT2D eigenvalue weighted by Gasteiger charge is 2.22. The SMILES string of the molecule is CCCCCCCCCCCCCCCC=CC(=O)OC[C@@H](O)COP(=O)(O)OCC. The summed E-state index contributed by atoms with van der Waals surface area (Å²) in [6, 6.07) is 0. The van der Waals surface area contributed by atoms with Crippen LogP contribution in [0.25, 0.3) is 0 Å². The number of rotatable bonds is 22. The van der Waals surface area contributed by atoms with E-state index >= 15 is 0 Å². The molecule has 0 spiro atoms. The first-order chi connectivity index (χ1) is 14.9. The van der Waals surface area contributed by atoms with Gasteiger partial charge in [0.25, 0.3) is 0 Å². The third kappa shape index (κ3) is 22.3. The summed E-state index contributed by atoms with van der Waals surface area (Å²) in [5, 5.41) is 9.62. The van der Waals surface area contributed by atoms with Crippen LogP contribution in [0.1, 0.15) is 104 Å². The average Bonchev–Trinajstić information content (AvgIpc) is 2.73. The van der Waals surface area contributed by atoms with Gasteiger partial charge in [-0.2, -0.15) is 0 Å². The fourth-order valence-electron chi connectivity index (χ4n) is 3.11. The minimum Gasteiger partial charge on any atom is -0.460 e. The lowest BCUT2D eigenvalue weighted by Crippen LogP contribution is -2.22. The summed E-state index contributed by atoms with van der Waals surface area (Å²) in [6.07, 6.45) is 19.7. The number of aliphatic hydroxyl groups excluding tert-OH is 1. The van der Waals surface area contributed by atoms with Crippen molar-refractivity contribution in [3.05, 3.63) is 12.2 Å². The van der Waals surface area contributed by atoms with Crippen molar-refractivity contribution in [3.63, 3.8) is 0 Å². The van der Waals surface area contributed by atoms with Crippen molar-refractivity contribution in [2.45, 2.75) is 110 Å². The molecule has 2 atom stereocenters. The van der Waals surface area contributed by atoms with Gasteiger partial charge >= 0.3 is 13.8 Å². The lowest BCUT2D eigenvalue weighted by molar-refractivity contribution is -0.141. The Balaban J connectivity index is 3.49. The molecule has 0 rings (SSSR count). The van der Waals surface area contributed by atoms with E-state index in [0.29, 0.717) is 0 Å². The highest BCUT2D eigenvalue weighted by Crippen LogP contribution is 2.42. The zero-order valence-electron chi connectivity index (χ0n) is 19.6. The van der Waals surface area contributed by atoms with Gasteiger partial charge in [-0.3, -0.25) is 9.05 Å². The molecule has 8 heteroatoms. The van der Waals surface area contributed by atoms with Crippen molar-refractivity contribution in [2.24, 2.45) is 0 Å². The minimum atomic E-state index is -4.15.